The molecule has 0 heterocycles. The number of allylic oxidation sites excluding steroid dienone is 2. The van der Waals surface area contributed by atoms with Crippen LogP contribution in [0.3, 0.4) is 0 Å². The van der Waals surface area contributed by atoms with E-state index in [1.807, 2.05) is 24.3 Å². The lowest BCUT2D eigenvalue weighted by molar-refractivity contribution is 1.31. The quantitative estimate of drug-likeness (QED) is 0.607. The van der Waals surface area contributed by atoms with Crippen LogP contribution in [0.25, 0.3) is 6.08 Å². The Morgan fingerprint density at radius 1 is 1.00 bits per heavy atom. The highest BCUT2D eigenvalue weighted by atomic mass is 14.6. The third-order valence-electron chi connectivity index (χ3n) is 2.01. The molecule has 2 N–H and O–H groups in total. The second-order valence-corrected chi connectivity index (χ2v) is 3.09. The summed E-state index contributed by atoms with van der Waals surface area (Å²) in [5.41, 5.74) is 6.12. The molecule has 0 saturated carbocycles. The highest BCUT2D eigenvalue weighted by Gasteiger charge is 2.07. The fourth-order valence-corrected chi connectivity index (χ4v) is 1.17. The van der Waals surface area contributed by atoms with Crippen LogP contribution in [-0.4, -0.2) is 0 Å². The van der Waals surface area contributed by atoms with Crippen molar-refractivity contribution in [3.8, 4) is 18.2 Å². The van der Waals surface area contributed by atoms with Crippen molar-refractivity contribution in [2.75, 3.05) is 0 Å². The van der Waals surface area contributed by atoms with Crippen LogP contribution in [0, 0.1) is 34.0 Å². The predicted octanol–water partition coefficient (Wildman–Crippen LogP) is 1.85. The van der Waals surface area contributed by atoms with Gasteiger partial charge in [0.05, 0.1) is 11.3 Å². The lowest BCUT2D eigenvalue weighted by Crippen LogP contribution is -2.03. The first-order chi connectivity index (χ1) is 8.22. The van der Waals surface area contributed by atoms with Gasteiger partial charge in [-0.15, -0.1) is 0 Å². The number of benzene rings is 1. The number of hydrogen-bond donors (Lipinski definition) is 1. The smallest absolute Gasteiger partial charge is 0.153 e. The summed E-state index contributed by atoms with van der Waals surface area (Å²) in [4.78, 5) is 0. The van der Waals surface area contributed by atoms with E-state index in [0.717, 1.165) is 5.56 Å². The summed E-state index contributed by atoms with van der Waals surface area (Å²) in [6.07, 6.45) is 1.53. The van der Waals surface area contributed by atoms with Crippen LogP contribution in [-0.2, 0) is 0 Å². The summed E-state index contributed by atoms with van der Waals surface area (Å²) in [6, 6.07) is 14.2. The lowest BCUT2D eigenvalue weighted by atomic mass is 10.1. The van der Waals surface area contributed by atoms with Gasteiger partial charge < -0.3 is 5.73 Å². The highest BCUT2D eigenvalue weighted by molar-refractivity contribution is 5.65. The van der Waals surface area contributed by atoms with Gasteiger partial charge in [0.2, 0.25) is 0 Å². The maximum atomic E-state index is 8.95. The first-order valence-electron chi connectivity index (χ1n) is 4.70. The molecule has 80 valence electrons. The van der Waals surface area contributed by atoms with Crippen LogP contribution in [0.1, 0.15) is 5.56 Å². The summed E-state index contributed by atoms with van der Waals surface area (Å²) in [5.74, 6) is 0. The van der Waals surface area contributed by atoms with Gasteiger partial charge in [-0.05, 0) is 11.6 Å². The molecule has 4 heteroatoms. The minimum Gasteiger partial charge on any atom is -0.396 e. The molecule has 0 aromatic heterocycles. The van der Waals surface area contributed by atoms with Gasteiger partial charge in [0.1, 0.15) is 18.2 Å². The van der Waals surface area contributed by atoms with E-state index >= 15 is 0 Å². The maximum absolute atomic E-state index is 8.95. The minimum atomic E-state index is -0.256. The summed E-state index contributed by atoms with van der Waals surface area (Å²) < 4.78 is 0. The summed E-state index contributed by atoms with van der Waals surface area (Å²) in [7, 11) is 0. The molecule has 0 aliphatic carbocycles. The molecule has 1 aromatic rings. The van der Waals surface area contributed by atoms with Gasteiger partial charge in [0.15, 0.2) is 5.57 Å². The van der Waals surface area contributed by atoms with E-state index in [-0.39, 0.29) is 16.8 Å². The Morgan fingerprint density at radius 3 is 2.06 bits per heavy atom. The zero-order chi connectivity index (χ0) is 12.7. The molecule has 1 rings (SSSR count). The average molecular weight is 220 g/mol. The number of nitriles is 3. The van der Waals surface area contributed by atoms with Gasteiger partial charge in [-0.1, -0.05) is 30.3 Å². The van der Waals surface area contributed by atoms with Gasteiger partial charge in [0, 0.05) is 0 Å². The van der Waals surface area contributed by atoms with E-state index in [2.05, 4.69) is 0 Å². The fourth-order valence-electron chi connectivity index (χ4n) is 1.17. The van der Waals surface area contributed by atoms with Gasteiger partial charge in [-0.2, -0.15) is 15.8 Å². The molecule has 1 aromatic carbocycles. The van der Waals surface area contributed by atoms with E-state index in [9.17, 15) is 0 Å². The molecule has 0 aliphatic heterocycles. The Balaban J connectivity index is 3.26. The summed E-state index contributed by atoms with van der Waals surface area (Å²) >= 11 is 0. The molecule has 0 aliphatic rings. The summed E-state index contributed by atoms with van der Waals surface area (Å²) in [5, 5.41) is 26.3. The van der Waals surface area contributed by atoms with E-state index in [0.29, 0.717) is 0 Å². The Morgan fingerprint density at radius 2 is 1.59 bits per heavy atom. The van der Waals surface area contributed by atoms with Crippen LogP contribution in [0.2, 0.25) is 0 Å². The fraction of sp³-hybridized carbons (Fsp3) is 0. The zero-order valence-electron chi connectivity index (χ0n) is 8.88. The number of hydrogen-bond acceptors (Lipinski definition) is 4. The van der Waals surface area contributed by atoms with Gasteiger partial charge in [0.25, 0.3) is 0 Å². The molecule has 0 fully saturated rings. The topological polar surface area (TPSA) is 97.4 Å². The monoisotopic (exact) mass is 220 g/mol. The van der Waals surface area contributed by atoms with E-state index < -0.39 is 0 Å². The molecule has 0 atom stereocenters. The number of nitrogens with two attached hydrogens (primary N) is 1. The Hall–Kier alpha value is -3.03. The van der Waals surface area contributed by atoms with Gasteiger partial charge >= 0.3 is 0 Å². The van der Waals surface area contributed by atoms with Crippen molar-refractivity contribution >= 4 is 6.08 Å². The highest BCUT2D eigenvalue weighted by Crippen LogP contribution is 2.13. The molecule has 0 saturated heterocycles. The van der Waals surface area contributed by atoms with Gasteiger partial charge in [-0.3, -0.25) is 0 Å². The molecule has 17 heavy (non-hydrogen) atoms. The van der Waals surface area contributed by atoms with Crippen molar-refractivity contribution in [2.45, 2.75) is 0 Å². The SMILES string of the molecule is N#CC(C#N)=C(N)/C(C#N)=C\c1ccccc1. The molecule has 4 nitrogen and oxygen atoms in total. The Bertz CT molecular complexity index is 573. The van der Waals surface area contributed by atoms with Gasteiger partial charge in [-0.25, -0.2) is 0 Å². The van der Waals surface area contributed by atoms with Crippen LogP contribution >= 0.6 is 0 Å². The third-order valence-corrected chi connectivity index (χ3v) is 2.01. The van der Waals surface area contributed by atoms with Crippen LogP contribution in [0.4, 0.5) is 0 Å². The average Bonchev–Trinajstić information content (AvgIpc) is 2.38. The van der Waals surface area contributed by atoms with Crippen LogP contribution < -0.4 is 5.73 Å². The van der Waals surface area contributed by atoms with Crippen molar-refractivity contribution < 1.29 is 0 Å². The molecule has 0 radical (unpaired) electrons. The minimum absolute atomic E-state index is 0.0960. The molecule has 0 unspecified atom stereocenters. The Labute approximate surface area is 99.1 Å². The molecule has 0 bridgehead atoms. The largest absolute Gasteiger partial charge is 0.396 e. The van der Waals surface area contributed by atoms with Crippen molar-refractivity contribution in [3.05, 3.63) is 52.7 Å². The van der Waals surface area contributed by atoms with Crippen molar-refractivity contribution in [3.63, 3.8) is 0 Å². The summed E-state index contributed by atoms with van der Waals surface area (Å²) in [6.45, 7) is 0. The standard InChI is InChI=1S/C13H8N4/c14-7-11(13(17)12(8-15)9-16)6-10-4-2-1-3-5-10/h1-6H,17H2/b11-6-. The van der Waals surface area contributed by atoms with Crippen molar-refractivity contribution in [1.82, 2.24) is 0 Å². The third kappa shape index (κ3) is 2.96. The Kier molecular flexibility index (Phi) is 4.08. The maximum Gasteiger partial charge on any atom is 0.153 e. The molecule has 0 amide bonds. The van der Waals surface area contributed by atoms with Crippen LogP contribution in [0.5, 0.6) is 0 Å². The molecule has 0 spiro atoms. The van der Waals surface area contributed by atoms with E-state index in [1.54, 1.807) is 24.3 Å². The first-order valence-corrected chi connectivity index (χ1v) is 4.70. The normalized spacial score (nSPS) is 9.59. The van der Waals surface area contributed by atoms with E-state index in [1.165, 1.54) is 6.08 Å². The predicted molar refractivity (Wildman–Crippen MR) is 62.5 cm³/mol. The first kappa shape index (κ1) is 12.0. The second kappa shape index (κ2) is 5.75. The molecular formula is C13H8N4. The van der Waals surface area contributed by atoms with Crippen LogP contribution in [0.15, 0.2) is 47.2 Å². The molecular weight excluding hydrogens is 212 g/mol. The van der Waals surface area contributed by atoms with Crippen molar-refractivity contribution in [1.29, 1.82) is 15.8 Å². The second-order valence-electron chi connectivity index (χ2n) is 3.09. The number of rotatable bonds is 2. The zero-order valence-corrected chi connectivity index (χ0v) is 8.88. The van der Waals surface area contributed by atoms with Crippen molar-refractivity contribution in [2.24, 2.45) is 5.73 Å². The lowest BCUT2D eigenvalue weighted by Gasteiger charge is -1.99. The number of nitrogens with zero attached hydrogens (tertiary/aromatic N) is 3. The van der Waals surface area contributed by atoms with E-state index in [4.69, 9.17) is 21.5 Å².